The monoisotopic (exact) mass is 277 g/mol. The summed E-state index contributed by atoms with van der Waals surface area (Å²) in [5, 5.41) is 0. The Kier molecular flexibility index (Phi) is 5.06. The molecule has 0 unspecified atom stereocenters. The second-order valence-electron chi connectivity index (χ2n) is 6.01. The van der Waals surface area contributed by atoms with Gasteiger partial charge < -0.3 is 4.90 Å². The number of nitrogens with zero attached hydrogens (tertiary/aromatic N) is 1. The predicted octanol–water partition coefficient (Wildman–Crippen LogP) is 4.70. The average molecular weight is 277 g/mol. The Balaban J connectivity index is 0.000000361. The van der Waals surface area contributed by atoms with Crippen molar-refractivity contribution in [2.75, 3.05) is 11.9 Å². The molecule has 0 aliphatic carbocycles. The van der Waals surface area contributed by atoms with E-state index in [0.717, 1.165) is 23.6 Å². The highest BCUT2D eigenvalue weighted by Gasteiger charge is 2.10. The zero-order valence-corrected chi connectivity index (χ0v) is 13.4. The van der Waals surface area contributed by atoms with Gasteiger partial charge in [-0.05, 0) is 29.7 Å². The summed E-state index contributed by atoms with van der Waals surface area (Å²) in [5.41, 5.74) is 4.73. The number of hydrogen-bond acceptors (Lipinski definition) is 1. The lowest BCUT2D eigenvalue weighted by atomic mass is 10.0. The highest BCUT2D eigenvalue weighted by Crippen LogP contribution is 2.23. The smallest absolute Gasteiger partial charge is 0.0525 e. The molecule has 0 saturated carbocycles. The molecule has 0 saturated heterocycles. The highest BCUT2D eigenvalue weighted by molar-refractivity contribution is 5.63. The van der Waals surface area contributed by atoms with Gasteiger partial charge >= 0.3 is 0 Å². The van der Waals surface area contributed by atoms with Crippen molar-refractivity contribution in [2.45, 2.75) is 27.3 Å². The molecule has 0 bridgehead atoms. The number of anilines is 1. The lowest BCUT2D eigenvalue weighted by molar-refractivity contribution is 0.737. The van der Waals surface area contributed by atoms with Gasteiger partial charge in [-0.1, -0.05) is 62.9 Å². The van der Waals surface area contributed by atoms with Gasteiger partial charge in [0.05, 0.1) is 5.69 Å². The predicted molar refractivity (Wildman–Crippen MR) is 91.5 cm³/mol. The maximum absolute atomic E-state index is 3.27. The number of fused-ring (bicyclic) bond motifs is 2. The molecule has 0 atom stereocenters. The molecule has 0 radical (unpaired) electrons. The maximum atomic E-state index is 3.27. The second-order valence-corrected chi connectivity index (χ2v) is 6.01. The van der Waals surface area contributed by atoms with E-state index in [2.05, 4.69) is 81.0 Å². The lowest BCUT2D eigenvalue weighted by Gasteiger charge is -2.22. The quantitative estimate of drug-likeness (QED) is 0.631. The Morgan fingerprint density at radius 1 is 0.857 bits per heavy atom. The highest BCUT2D eigenvalue weighted by atomic mass is 15.1. The minimum Gasteiger partial charge on any atom is -0.369 e. The van der Waals surface area contributed by atoms with E-state index in [4.69, 9.17) is 0 Å². The van der Waals surface area contributed by atoms with Crippen LogP contribution in [-0.2, 0) is 6.54 Å². The van der Waals surface area contributed by atoms with E-state index < -0.39 is 0 Å². The van der Waals surface area contributed by atoms with Crippen LogP contribution in [0.5, 0.6) is 0 Å². The number of rotatable bonds is 0. The molecular formula is C20H23N. The molecule has 0 fully saturated rings. The summed E-state index contributed by atoms with van der Waals surface area (Å²) in [5.74, 6) is 7.36. The van der Waals surface area contributed by atoms with E-state index in [1.54, 1.807) is 0 Å². The molecule has 1 nitrogen and oxygen atoms in total. The molecule has 1 heterocycles. The van der Waals surface area contributed by atoms with Gasteiger partial charge in [-0.3, -0.25) is 0 Å². The van der Waals surface area contributed by atoms with E-state index in [-0.39, 0.29) is 0 Å². The van der Waals surface area contributed by atoms with Crippen molar-refractivity contribution >= 4 is 5.69 Å². The van der Waals surface area contributed by atoms with Crippen LogP contribution in [0.3, 0.4) is 0 Å². The summed E-state index contributed by atoms with van der Waals surface area (Å²) in [6.07, 6.45) is 0. The Morgan fingerprint density at radius 3 is 2.10 bits per heavy atom. The van der Waals surface area contributed by atoms with Crippen molar-refractivity contribution in [1.82, 2.24) is 0 Å². The lowest BCUT2D eigenvalue weighted by Crippen LogP contribution is -2.19. The van der Waals surface area contributed by atoms with Gasteiger partial charge in [0, 0.05) is 24.7 Å². The van der Waals surface area contributed by atoms with Crippen molar-refractivity contribution in [3.05, 3.63) is 65.2 Å². The van der Waals surface area contributed by atoms with Crippen LogP contribution < -0.4 is 4.90 Å². The van der Waals surface area contributed by atoms with Crippen LogP contribution in [0.4, 0.5) is 5.69 Å². The number of benzene rings is 2. The standard InChI is InChI=1S/C16H13N.C4H10/c1-17-12-15-8-3-2-6-13(15)10-11-14-7-4-5-9-16(14)17;1-4(2)3/h2-9H,12H2,1H3;4H,1-3H3. The zero-order valence-electron chi connectivity index (χ0n) is 13.4. The van der Waals surface area contributed by atoms with Crippen LogP contribution in [0.15, 0.2) is 48.5 Å². The SMILES string of the molecule is CC(C)C.CN1Cc2ccccc2C#Cc2ccccc21. The van der Waals surface area contributed by atoms with Crippen LogP contribution in [0, 0.1) is 17.8 Å². The molecule has 1 heteroatoms. The molecule has 0 spiro atoms. The van der Waals surface area contributed by atoms with Gasteiger partial charge in [0.2, 0.25) is 0 Å². The second kappa shape index (κ2) is 6.99. The molecule has 1 aliphatic heterocycles. The first-order valence-corrected chi connectivity index (χ1v) is 7.48. The van der Waals surface area contributed by atoms with E-state index in [9.17, 15) is 0 Å². The summed E-state index contributed by atoms with van der Waals surface area (Å²) in [6.45, 7) is 7.40. The summed E-state index contributed by atoms with van der Waals surface area (Å²) in [4.78, 5) is 2.25. The molecule has 21 heavy (non-hydrogen) atoms. The minimum atomic E-state index is 0.833. The van der Waals surface area contributed by atoms with Crippen molar-refractivity contribution in [3.63, 3.8) is 0 Å². The molecule has 0 aromatic heterocycles. The molecule has 0 N–H and O–H groups in total. The first-order valence-electron chi connectivity index (χ1n) is 7.48. The van der Waals surface area contributed by atoms with Crippen LogP contribution >= 0.6 is 0 Å². The van der Waals surface area contributed by atoms with E-state index in [1.807, 2.05) is 12.1 Å². The van der Waals surface area contributed by atoms with Gasteiger partial charge in [-0.15, -0.1) is 0 Å². The molecule has 0 amide bonds. The fourth-order valence-electron chi connectivity index (χ4n) is 2.17. The average Bonchev–Trinajstić information content (AvgIpc) is 2.44. The van der Waals surface area contributed by atoms with Gasteiger partial charge in [0.1, 0.15) is 0 Å². The minimum absolute atomic E-state index is 0.833. The summed E-state index contributed by atoms with van der Waals surface area (Å²) in [7, 11) is 2.11. The molecule has 108 valence electrons. The Bertz CT molecular complexity index is 656. The zero-order chi connectivity index (χ0) is 15.2. The number of para-hydroxylation sites is 1. The van der Waals surface area contributed by atoms with E-state index >= 15 is 0 Å². The third-order valence-corrected chi connectivity index (χ3v) is 3.07. The van der Waals surface area contributed by atoms with E-state index in [0.29, 0.717) is 0 Å². The van der Waals surface area contributed by atoms with Crippen molar-refractivity contribution in [1.29, 1.82) is 0 Å². The van der Waals surface area contributed by atoms with Gasteiger partial charge in [0.25, 0.3) is 0 Å². The normalized spacial score (nSPS) is 12.0. The number of hydrogen-bond donors (Lipinski definition) is 0. The van der Waals surface area contributed by atoms with Crippen LogP contribution in [0.1, 0.15) is 37.5 Å². The van der Waals surface area contributed by atoms with Gasteiger partial charge in [-0.25, -0.2) is 0 Å². The fraction of sp³-hybridized carbons (Fsp3) is 0.300. The first-order chi connectivity index (χ1) is 10.1. The van der Waals surface area contributed by atoms with Crippen LogP contribution in [0.2, 0.25) is 0 Å². The van der Waals surface area contributed by atoms with Crippen molar-refractivity contribution in [2.24, 2.45) is 5.92 Å². The maximum Gasteiger partial charge on any atom is 0.0525 e. The first kappa shape index (κ1) is 15.2. The van der Waals surface area contributed by atoms with Crippen molar-refractivity contribution < 1.29 is 0 Å². The van der Waals surface area contributed by atoms with Gasteiger partial charge in [0.15, 0.2) is 0 Å². The molecule has 3 rings (SSSR count). The topological polar surface area (TPSA) is 3.24 Å². The van der Waals surface area contributed by atoms with Crippen LogP contribution in [-0.4, -0.2) is 7.05 Å². The largest absolute Gasteiger partial charge is 0.369 e. The third kappa shape index (κ3) is 4.13. The molecule has 1 aliphatic rings. The molecule has 2 aromatic carbocycles. The van der Waals surface area contributed by atoms with Gasteiger partial charge in [-0.2, -0.15) is 0 Å². The molecule has 2 aromatic rings. The summed E-state index contributed by atoms with van der Waals surface area (Å²) < 4.78 is 0. The summed E-state index contributed by atoms with van der Waals surface area (Å²) >= 11 is 0. The van der Waals surface area contributed by atoms with Crippen molar-refractivity contribution in [3.8, 4) is 11.8 Å². The fourth-order valence-corrected chi connectivity index (χ4v) is 2.17. The Hall–Kier alpha value is -2.20. The summed E-state index contributed by atoms with van der Waals surface area (Å²) in [6, 6.07) is 16.6. The third-order valence-electron chi connectivity index (χ3n) is 3.07. The Labute approximate surface area is 128 Å². The molecular weight excluding hydrogens is 254 g/mol. The Morgan fingerprint density at radius 2 is 1.38 bits per heavy atom. The van der Waals surface area contributed by atoms with Crippen LogP contribution in [0.25, 0.3) is 0 Å². The van der Waals surface area contributed by atoms with E-state index in [1.165, 1.54) is 11.3 Å².